The van der Waals surface area contributed by atoms with Crippen LogP contribution in [0.1, 0.15) is 19.3 Å². The van der Waals surface area contributed by atoms with Gasteiger partial charge >= 0.3 is 10.2 Å². The Balaban J connectivity index is 2.04. The molecule has 112 valence electrons. The predicted octanol–water partition coefficient (Wildman–Crippen LogP) is 2.67. The van der Waals surface area contributed by atoms with Crippen LogP contribution in [0.15, 0.2) is 18.3 Å². The molecule has 0 radical (unpaired) electrons. The summed E-state index contributed by atoms with van der Waals surface area (Å²) in [5, 5.41) is 1.26. The van der Waals surface area contributed by atoms with Gasteiger partial charge in [-0.3, -0.25) is 4.31 Å². The second-order valence-corrected chi connectivity index (χ2v) is 7.60. The average molecular weight is 383 g/mol. The fraction of sp³-hybridized carbons (Fsp3) is 0.583. The van der Waals surface area contributed by atoms with E-state index in [1.807, 2.05) is 0 Å². The van der Waals surface area contributed by atoms with Crippen molar-refractivity contribution in [3.05, 3.63) is 23.5 Å². The van der Waals surface area contributed by atoms with Crippen molar-refractivity contribution >= 4 is 43.4 Å². The number of pyridine rings is 1. The highest BCUT2D eigenvalue weighted by molar-refractivity contribution is 9.09. The summed E-state index contributed by atoms with van der Waals surface area (Å²) in [6.45, 7) is 1.56. The molecule has 1 aliphatic heterocycles. The second kappa shape index (κ2) is 7.06. The van der Waals surface area contributed by atoms with Gasteiger partial charge in [0.1, 0.15) is 5.15 Å². The van der Waals surface area contributed by atoms with Crippen LogP contribution in [-0.2, 0) is 10.2 Å². The van der Waals surface area contributed by atoms with E-state index >= 15 is 0 Å². The van der Waals surface area contributed by atoms with Gasteiger partial charge in [-0.05, 0) is 25.0 Å². The minimum absolute atomic E-state index is 0.300. The SMILES string of the molecule is O=S1(=O)N(CCCCCBr)CCN1c1ccnc(Cl)c1. The Morgan fingerprint density at radius 3 is 2.80 bits per heavy atom. The van der Waals surface area contributed by atoms with Crippen molar-refractivity contribution in [1.82, 2.24) is 9.29 Å². The van der Waals surface area contributed by atoms with Gasteiger partial charge in [-0.15, -0.1) is 0 Å². The molecule has 0 N–H and O–H groups in total. The zero-order valence-corrected chi connectivity index (χ0v) is 14.2. The minimum atomic E-state index is -3.42. The van der Waals surface area contributed by atoms with Gasteiger partial charge < -0.3 is 0 Å². The highest BCUT2D eigenvalue weighted by atomic mass is 79.9. The first-order chi connectivity index (χ1) is 9.55. The molecule has 2 heterocycles. The maximum atomic E-state index is 12.4. The summed E-state index contributed by atoms with van der Waals surface area (Å²) in [4.78, 5) is 3.87. The first-order valence-electron chi connectivity index (χ1n) is 6.51. The molecular weight excluding hydrogens is 366 g/mol. The molecule has 20 heavy (non-hydrogen) atoms. The molecule has 1 aromatic heterocycles. The molecule has 0 spiro atoms. The number of hydrogen-bond donors (Lipinski definition) is 0. The van der Waals surface area contributed by atoms with E-state index in [2.05, 4.69) is 20.9 Å². The van der Waals surface area contributed by atoms with Crippen molar-refractivity contribution in [2.24, 2.45) is 0 Å². The van der Waals surface area contributed by atoms with E-state index in [0.717, 1.165) is 24.6 Å². The summed E-state index contributed by atoms with van der Waals surface area (Å²) in [7, 11) is -3.42. The van der Waals surface area contributed by atoms with Crippen LogP contribution in [0, 0.1) is 0 Å². The summed E-state index contributed by atoms with van der Waals surface area (Å²) in [6, 6.07) is 3.24. The number of alkyl halides is 1. The third-order valence-electron chi connectivity index (χ3n) is 3.20. The molecular formula is C12H17BrClN3O2S. The van der Waals surface area contributed by atoms with Crippen molar-refractivity contribution in [3.63, 3.8) is 0 Å². The average Bonchev–Trinajstić information content (AvgIpc) is 2.70. The van der Waals surface area contributed by atoms with Gasteiger partial charge in [0.2, 0.25) is 0 Å². The van der Waals surface area contributed by atoms with E-state index in [1.165, 1.54) is 14.8 Å². The molecule has 0 amide bonds. The third kappa shape index (κ3) is 3.63. The first kappa shape index (κ1) is 16.0. The topological polar surface area (TPSA) is 53.5 Å². The summed E-state index contributed by atoms with van der Waals surface area (Å²) in [6.07, 6.45) is 4.50. The Morgan fingerprint density at radius 1 is 1.30 bits per heavy atom. The molecule has 0 unspecified atom stereocenters. The zero-order chi connectivity index (χ0) is 14.6. The lowest BCUT2D eigenvalue weighted by atomic mass is 10.2. The molecule has 1 aromatic rings. The fourth-order valence-corrected chi connectivity index (χ4v) is 4.38. The summed E-state index contributed by atoms with van der Waals surface area (Å²) in [5.74, 6) is 0. The maximum Gasteiger partial charge on any atom is 0.304 e. The van der Waals surface area contributed by atoms with Crippen LogP contribution in [-0.4, -0.2) is 42.7 Å². The Hall–Kier alpha value is -0.370. The van der Waals surface area contributed by atoms with Gasteiger partial charge in [-0.25, -0.2) is 4.98 Å². The van der Waals surface area contributed by atoms with Crippen LogP contribution in [0.25, 0.3) is 0 Å². The molecule has 1 fully saturated rings. The molecule has 1 saturated heterocycles. The monoisotopic (exact) mass is 381 g/mol. The lowest BCUT2D eigenvalue weighted by Crippen LogP contribution is -2.33. The maximum absolute atomic E-state index is 12.4. The van der Waals surface area contributed by atoms with Gasteiger partial charge in [0.25, 0.3) is 0 Å². The quantitative estimate of drug-likeness (QED) is 0.432. The van der Waals surface area contributed by atoms with Crippen LogP contribution in [0.2, 0.25) is 5.15 Å². The Labute approximate surface area is 133 Å². The summed E-state index contributed by atoms with van der Waals surface area (Å²) >= 11 is 9.19. The molecule has 2 rings (SSSR count). The summed E-state index contributed by atoms with van der Waals surface area (Å²) < 4.78 is 27.8. The van der Waals surface area contributed by atoms with Crippen LogP contribution >= 0.6 is 27.5 Å². The number of aromatic nitrogens is 1. The van der Waals surface area contributed by atoms with Crippen molar-refractivity contribution in [3.8, 4) is 0 Å². The van der Waals surface area contributed by atoms with Crippen LogP contribution in [0.5, 0.6) is 0 Å². The number of nitrogens with zero attached hydrogens (tertiary/aromatic N) is 3. The predicted molar refractivity (Wildman–Crippen MR) is 84.7 cm³/mol. The lowest BCUT2D eigenvalue weighted by molar-refractivity contribution is 0.435. The van der Waals surface area contributed by atoms with E-state index in [9.17, 15) is 8.42 Å². The van der Waals surface area contributed by atoms with Crippen LogP contribution in [0.4, 0.5) is 5.69 Å². The number of rotatable bonds is 6. The number of hydrogen-bond acceptors (Lipinski definition) is 3. The normalized spacial score (nSPS) is 18.6. The molecule has 5 nitrogen and oxygen atoms in total. The van der Waals surface area contributed by atoms with E-state index in [4.69, 9.17) is 11.6 Å². The van der Waals surface area contributed by atoms with E-state index in [-0.39, 0.29) is 0 Å². The van der Waals surface area contributed by atoms with Gasteiger partial charge in [0.05, 0.1) is 5.69 Å². The van der Waals surface area contributed by atoms with E-state index in [1.54, 1.807) is 12.1 Å². The molecule has 0 aliphatic carbocycles. The fourth-order valence-electron chi connectivity index (χ4n) is 2.17. The molecule has 0 aromatic carbocycles. The number of anilines is 1. The van der Waals surface area contributed by atoms with Crippen LogP contribution in [0.3, 0.4) is 0 Å². The van der Waals surface area contributed by atoms with E-state index < -0.39 is 10.2 Å². The number of unbranched alkanes of at least 4 members (excludes halogenated alkanes) is 2. The van der Waals surface area contributed by atoms with Gasteiger partial charge in [-0.1, -0.05) is 34.0 Å². The van der Waals surface area contributed by atoms with Crippen molar-refractivity contribution in [2.45, 2.75) is 19.3 Å². The lowest BCUT2D eigenvalue weighted by Gasteiger charge is -2.20. The minimum Gasteiger partial charge on any atom is -0.256 e. The molecule has 0 saturated carbocycles. The molecule has 1 aliphatic rings. The van der Waals surface area contributed by atoms with Gasteiger partial charge in [0, 0.05) is 31.2 Å². The van der Waals surface area contributed by atoms with Crippen molar-refractivity contribution < 1.29 is 8.42 Å². The number of halogens is 2. The Bertz CT molecular complexity index is 555. The molecule has 8 heteroatoms. The molecule has 0 atom stereocenters. The third-order valence-corrected chi connectivity index (χ3v) is 5.93. The van der Waals surface area contributed by atoms with Crippen molar-refractivity contribution in [1.29, 1.82) is 0 Å². The molecule has 0 bridgehead atoms. The standard InChI is InChI=1S/C12H17BrClN3O2S/c13-5-2-1-3-7-16-8-9-17(20(16,18)19)11-4-6-15-12(14)10-11/h4,6,10H,1-3,5,7-9H2. The van der Waals surface area contributed by atoms with Crippen molar-refractivity contribution in [2.75, 3.05) is 29.3 Å². The van der Waals surface area contributed by atoms with Gasteiger partial charge in [0.15, 0.2) is 0 Å². The smallest absolute Gasteiger partial charge is 0.256 e. The van der Waals surface area contributed by atoms with Crippen LogP contribution < -0.4 is 4.31 Å². The Kier molecular flexibility index (Phi) is 5.65. The van der Waals surface area contributed by atoms with Gasteiger partial charge in [-0.2, -0.15) is 12.7 Å². The largest absolute Gasteiger partial charge is 0.304 e. The zero-order valence-electron chi connectivity index (χ0n) is 11.0. The second-order valence-electron chi connectivity index (χ2n) is 4.57. The first-order valence-corrected chi connectivity index (χ1v) is 9.40. The highest BCUT2D eigenvalue weighted by Gasteiger charge is 2.36. The summed E-state index contributed by atoms with van der Waals surface area (Å²) in [5.41, 5.74) is 0.577. The Morgan fingerprint density at radius 2 is 2.10 bits per heavy atom. The van der Waals surface area contributed by atoms with E-state index in [0.29, 0.717) is 30.5 Å². The highest BCUT2D eigenvalue weighted by Crippen LogP contribution is 2.26.